The molecule has 0 aromatic heterocycles. The van der Waals surface area contributed by atoms with Crippen LogP contribution in [0.5, 0.6) is 17.2 Å². The molecule has 0 spiro atoms. The SMILES string of the molecule is COc1ccc([N+](=O)[O-])cc1NC(=O)/C=C/c1ccc(OCc2ccccc2C)c(OC)c1. The summed E-state index contributed by atoms with van der Waals surface area (Å²) in [5, 5.41) is 13.6. The van der Waals surface area contributed by atoms with E-state index >= 15 is 0 Å². The number of nitrogens with one attached hydrogen (secondary N) is 1. The number of amides is 1. The Morgan fingerprint density at radius 1 is 1.00 bits per heavy atom. The van der Waals surface area contributed by atoms with Crippen molar-refractivity contribution in [3.05, 3.63) is 93.5 Å². The molecule has 0 aliphatic rings. The third kappa shape index (κ3) is 6.10. The average Bonchev–Trinajstić information content (AvgIpc) is 2.82. The zero-order chi connectivity index (χ0) is 23.8. The van der Waals surface area contributed by atoms with E-state index in [2.05, 4.69) is 5.32 Å². The zero-order valence-corrected chi connectivity index (χ0v) is 18.5. The molecule has 170 valence electrons. The number of ether oxygens (including phenoxy) is 3. The van der Waals surface area contributed by atoms with Crippen molar-refractivity contribution in [1.82, 2.24) is 0 Å². The van der Waals surface area contributed by atoms with Gasteiger partial charge in [-0.15, -0.1) is 0 Å². The summed E-state index contributed by atoms with van der Waals surface area (Å²) in [7, 11) is 2.96. The smallest absolute Gasteiger partial charge is 0.271 e. The fourth-order valence-electron chi connectivity index (χ4n) is 3.09. The van der Waals surface area contributed by atoms with Crippen LogP contribution >= 0.6 is 0 Å². The van der Waals surface area contributed by atoms with Gasteiger partial charge in [-0.2, -0.15) is 0 Å². The van der Waals surface area contributed by atoms with Crippen LogP contribution in [0.25, 0.3) is 6.08 Å². The molecule has 0 atom stereocenters. The Bertz CT molecular complexity index is 1190. The first-order valence-electron chi connectivity index (χ1n) is 10.1. The number of benzene rings is 3. The van der Waals surface area contributed by atoms with Crippen LogP contribution in [0.4, 0.5) is 11.4 Å². The van der Waals surface area contributed by atoms with Crippen LogP contribution in [0.2, 0.25) is 0 Å². The van der Waals surface area contributed by atoms with E-state index in [-0.39, 0.29) is 11.4 Å². The van der Waals surface area contributed by atoms with Gasteiger partial charge in [-0.25, -0.2) is 0 Å². The summed E-state index contributed by atoms with van der Waals surface area (Å²) in [6.07, 6.45) is 2.92. The van der Waals surface area contributed by atoms with Crippen LogP contribution in [-0.4, -0.2) is 25.1 Å². The first kappa shape index (κ1) is 23.3. The highest BCUT2D eigenvalue weighted by Crippen LogP contribution is 2.30. The number of nitro benzene ring substituents is 1. The van der Waals surface area contributed by atoms with Crippen LogP contribution in [0, 0.1) is 17.0 Å². The number of methoxy groups -OCH3 is 2. The number of nitro groups is 1. The Hall–Kier alpha value is -4.33. The monoisotopic (exact) mass is 448 g/mol. The average molecular weight is 448 g/mol. The number of hydrogen-bond acceptors (Lipinski definition) is 6. The zero-order valence-electron chi connectivity index (χ0n) is 18.5. The molecule has 1 N–H and O–H groups in total. The van der Waals surface area contributed by atoms with Gasteiger partial charge < -0.3 is 19.5 Å². The van der Waals surface area contributed by atoms with Crippen molar-refractivity contribution in [2.24, 2.45) is 0 Å². The topological polar surface area (TPSA) is 99.9 Å². The first-order valence-corrected chi connectivity index (χ1v) is 10.1. The van der Waals surface area contributed by atoms with Gasteiger partial charge in [0.15, 0.2) is 11.5 Å². The molecule has 0 fully saturated rings. The van der Waals surface area contributed by atoms with E-state index in [4.69, 9.17) is 14.2 Å². The molecule has 0 saturated carbocycles. The normalized spacial score (nSPS) is 10.6. The van der Waals surface area contributed by atoms with Gasteiger partial charge in [-0.1, -0.05) is 30.3 Å². The van der Waals surface area contributed by atoms with Crippen molar-refractivity contribution in [3.8, 4) is 17.2 Å². The fraction of sp³-hybridized carbons (Fsp3) is 0.160. The fourth-order valence-corrected chi connectivity index (χ4v) is 3.09. The number of non-ortho nitro benzene ring substituents is 1. The maximum Gasteiger partial charge on any atom is 0.271 e. The highest BCUT2D eigenvalue weighted by molar-refractivity contribution is 6.03. The quantitative estimate of drug-likeness (QED) is 0.276. The van der Waals surface area contributed by atoms with Gasteiger partial charge in [0.05, 0.1) is 24.8 Å². The van der Waals surface area contributed by atoms with E-state index in [9.17, 15) is 14.9 Å². The van der Waals surface area contributed by atoms with Crippen molar-refractivity contribution in [2.75, 3.05) is 19.5 Å². The van der Waals surface area contributed by atoms with E-state index in [1.165, 1.54) is 31.4 Å². The second-order valence-electron chi connectivity index (χ2n) is 7.09. The molecule has 8 nitrogen and oxygen atoms in total. The standard InChI is InChI=1S/C25H24N2O6/c1-17-6-4-5-7-19(17)16-33-23-11-8-18(14-24(23)32-3)9-13-25(28)26-21-15-20(27(29)30)10-12-22(21)31-2/h4-15H,16H2,1-3H3,(H,26,28)/b13-9+. The Kier molecular flexibility index (Phi) is 7.64. The molecule has 3 rings (SSSR count). The van der Waals surface area contributed by atoms with Gasteiger partial charge in [0, 0.05) is 18.2 Å². The van der Waals surface area contributed by atoms with E-state index in [1.807, 2.05) is 31.2 Å². The summed E-state index contributed by atoms with van der Waals surface area (Å²) in [6.45, 7) is 2.43. The van der Waals surface area contributed by atoms with Gasteiger partial charge in [0.2, 0.25) is 5.91 Å². The maximum atomic E-state index is 12.4. The largest absolute Gasteiger partial charge is 0.495 e. The molecule has 0 saturated heterocycles. The summed E-state index contributed by atoms with van der Waals surface area (Å²) in [6, 6.07) is 17.3. The number of rotatable bonds is 9. The Balaban J connectivity index is 1.70. The summed E-state index contributed by atoms with van der Waals surface area (Å²) < 4.78 is 16.5. The summed E-state index contributed by atoms with van der Waals surface area (Å²) in [4.78, 5) is 22.8. The molecule has 3 aromatic carbocycles. The number of anilines is 1. The molecule has 0 aliphatic heterocycles. The lowest BCUT2D eigenvalue weighted by molar-refractivity contribution is -0.384. The molecule has 0 radical (unpaired) electrons. The van der Waals surface area contributed by atoms with Gasteiger partial charge in [-0.05, 0) is 47.9 Å². The second-order valence-corrected chi connectivity index (χ2v) is 7.09. The van der Waals surface area contributed by atoms with Crippen LogP contribution in [0.1, 0.15) is 16.7 Å². The van der Waals surface area contributed by atoms with Crippen LogP contribution < -0.4 is 19.5 Å². The van der Waals surface area contributed by atoms with Gasteiger partial charge >= 0.3 is 0 Å². The van der Waals surface area contributed by atoms with Crippen LogP contribution in [0.15, 0.2) is 66.7 Å². The maximum absolute atomic E-state index is 12.4. The molecule has 33 heavy (non-hydrogen) atoms. The Morgan fingerprint density at radius 3 is 2.42 bits per heavy atom. The van der Waals surface area contributed by atoms with E-state index in [1.54, 1.807) is 31.4 Å². The van der Waals surface area contributed by atoms with Crippen LogP contribution in [0.3, 0.4) is 0 Å². The summed E-state index contributed by atoms with van der Waals surface area (Å²) in [5.41, 5.74) is 3.00. The predicted octanol–water partition coefficient (Wildman–Crippen LogP) is 5.15. The third-order valence-electron chi connectivity index (χ3n) is 4.91. The lowest BCUT2D eigenvalue weighted by atomic mass is 10.1. The van der Waals surface area contributed by atoms with E-state index in [0.717, 1.165) is 16.7 Å². The molecule has 0 heterocycles. The lowest BCUT2D eigenvalue weighted by Crippen LogP contribution is -2.09. The molecule has 3 aromatic rings. The lowest BCUT2D eigenvalue weighted by Gasteiger charge is -2.12. The number of carbonyl (C=O) groups is 1. The Labute approximate surface area is 191 Å². The van der Waals surface area contributed by atoms with Crippen molar-refractivity contribution in [1.29, 1.82) is 0 Å². The van der Waals surface area contributed by atoms with Gasteiger partial charge in [-0.3, -0.25) is 14.9 Å². The molecule has 8 heteroatoms. The highest BCUT2D eigenvalue weighted by Gasteiger charge is 2.13. The van der Waals surface area contributed by atoms with Gasteiger partial charge in [0.25, 0.3) is 5.69 Å². The minimum absolute atomic E-state index is 0.152. The first-order chi connectivity index (χ1) is 15.9. The third-order valence-corrected chi connectivity index (χ3v) is 4.91. The molecule has 0 bridgehead atoms. The van der Waals surface area contributed by atoms with Gasteiger partial charge in [0.1, 0.15) is 12.4 Å². The van der Waals surface area contributed by atoms with Crippen molar-refractivity contribution in [3.63, 3.8) is 0 Å². The van der Waals surface area contributed by atoms with Crippen molar-refractivity contribution in [2.45, 2.75) is 13.5 Å². The molecule has 1 amide bonds. The van der Waals surface area contributed by atoms with Crippen LogP contribution in [-0.2, 0) is 11.4 Å². The molecular weight excluding hydrogens is 424 g/mol. The number of aryl methyl sites for hydroxylation is 1. The predicted molar refractivity (Wildman–Crippen MR) is 126 cm³/mol. The molecule has 0 unspecified atom stereocenters. The molecule has 0 aliphatic carbocycles. The van der Waals surface area contributed by atoms with E-state index in [0.29, 0.717) is 23.9 Å². The van der Waals surface area contributed by atoms with Crippen molar-refractivity contribution < 1.29 is 23.9 Å². The minimum Gasteiger partial charge on any atom is -0.495 e. The summed E-state index contributed by atoms with van der Waals surface area (Å²) >= 11 is 0. The second kappa shape index (κ2) is 10.8. The Morgan fingerprint density at radius 2 is 1.73 bits per heavy atom. The van der Waals surface area contributed by atoms with Crippen molar-refractivity contribution >= 4 is 23.4 Å². The highest BCUT2D eigenvalue weighted by atomic mass is 16.6. The number of hydrogen-bond donors (Lipinski definition) is 1. The minimum atomic E-state index is -0.542. The number of carbonyl (C=O) groups excluding carboxylic acids is 1. The molecular formula is C25H24N2O6. The number of nitrogens with zero attached hydrogens (tertiary/aromatic N) is 1. The van der Waals surface area contributed by atoms with E-state index < -0.39 is 10.8 Å². The summed E-state index contributed by atoms with van der Waals surface area (Å²) in [5.74, 6) is 0.974.